The second-order valence-electron chi connectivity index (χ2n) is 14.4. The number of hydrogen-bond donors (Lipinski definition) is 0. The molecule has 0 heterocycles. The molecule has 0 unspecified atom stereocenters. The number of anilines is 3. The average Bonchev–Trinajstić information content (AvgIpc) is 3.41. The maximum atomic E-state index is 2.59. The first-order valence-corrected chi connectivity index (χ1v) is 17.8. The van der Waals surface area contributed by atoms with Gasteiger partial charge in [-0.1, -0.05) is 165 Å². The van der Waals surface area contributed by atoms with Crippen molar-refractivity contribution < 1.29 is 0 Å². The van der Waals surface area contributed by atoms with Crippen LogP contribution in [0.2, 0.25) is 0 Å². The van der Waals surface area contributed by atoms with Crippen LogP contribution in [-0.2, 0) is 5.41 Å². The monoisotopic (exact) mass is 639 g/mol. The van der Waals surface area contributed by atoms with E-state index >= 15 is 0 Å². The van der Waals surface area contributed by atoms with Crippen LogP contribution in [-0.4, -0.2) is 0 Å². The van der Waals surface area contributed by atoms with Crippen LogP contribution >= 0.6 is 0 Å². The van der Waals surface area contributed by atoms with Crippen LogP contribution < -0.4 is 4.90 Å². The zero-order chi connectivity index (χ0) is 33.4. The zero-order valence-electron chi connectivity index (χ0n) is 28.4. The van der Waals surface area contributed by atoms with E-state index in [4.69, 9.17) is 0 Å². The van der Waals surface area contributed by atoms with Crippen molar-refractivity contribution in [2.45, 2.75) is 32.1 Å². The lowest BCUT2D eigenvalue weighted by Gasteiger charge is -2.32. The Morgan fingerprint density at radius 2 is 1.10 bits per heavy atom. The molecule has 8 aromatic carbocycles. The highest BCUT2D eigenvalue weighted by atomic mass is 15.1. The summed E-state index contributed by atoms with van der Waals surface area (Å²) in [6.45, 7) is 4.84. The van der Waals surface area contributed by atoms with E-state index < -0.39 is 0 Å². The van der Waals surface area contributed by atoms with E-state index in [2.05, 4.69) is 183 Å². The van der Waals surface area contributed by atoms with E-state index in [1.807, 2.05) is 0 Å². The van der Waals surface area contributed by atoms with Gasteiger partial charge in [0.15, 0.2) is 0 Å². The largest absolute Gasteiger partial charge is 0.309 e. The smallest absolute Gasteiger partial charge is 0.0547 e. The van der Waals surface area contributed by atoms with Crippen LogP contribution in [0.5, 0.6) is 0 Å². The third-order valence-corrected chi connectivity index (χ3v) is 11.4. The van der Waals surface area contributed by atoms with Gasteiger partial charge in [-0.05, 0) is 85.4 Å². The molecule has 10 rings (SSSR count). The third-order valence-electron chi connectivity index (χ3n) is 11.4. The normalized spacial score (nSPS) is 14.8. The SMILES string of the molecule is CC1(C)C2=C(C=CCC2)c2c(N(c3ccccc3-c3cccc4ccccc34)c3cc4c5ccccc5ccc4c4ccccc34)cccc21. The minimum absolute atomic E-state index is 0.0338. The summed E-state index contributed by atoms with van der Waals surface area (Å²) >= 11 is 0. The lowest BCUT2D eigenvalue weighted by molar-refractivity contribution is 0.607. The van der Waals surface area contributed by atoms with Crippen LogP contribution in [0.3, 0.4) is 0 Å². The number of benzene rings is 8. The second kappa shape index (κ2) is 11.1. The fourth-order valence-corrected chi connectivity index (χ4v) is 9.01. The van der Waals surface area contributed by atoms with E-state index in [-0.39, 0.29) is 5.41 Å². The van der Waals surface area contributed by atoms with Gasteiger partial charge < -0.3 is 4.90 Å². The van der Waals surface area contributed by atoms with E-state index in [0.29, 0.717) is 0 Å². The molecule has 2 aliphatic carbocycles. The Morgan fingerprint density at radius 3 is 1.96 bits per heavy atom. The molecule has 0 saturated heterocycles. The van der Waals surface area contributed by atoms with Gasteiger partial charge in [-0.25, -0.2) is 0 Å². The molecule has 0 spiro atoms. The highest BCUT2D eigenvalue weighted by molar-refractivity contribution is 6.22. The van der Waals surface area contributed by atoms with Gasteiger partial charge in [0.2, 0.25) is 0 Å². The molecule has 0 aliphatic heterocycles. The summed E-state index contributed by atoms with van der Waals surface area (Å²) in [6.07, 6.45) is 6.97. The second-order valence-corrected chi connectivity index (χ2v) is 14.4. The van der Waals surface area contributed by atoms with E-state index in [1.54, 1.807) is 5.57 Å². The quantitative estimate of drug-likeness (QED) is 0.173. The summed E-state index contributed by atoms with van der Waals surface area (Å²) in [5, 5.41) is 10.1. The summed E-state index contributed by atoms with van der Waals surface area (Å²) in [6, 6.07) is 56.3. The molecular weight excluding hydrogens is 603 g/mol. The molecule has 0 saturated carbocycles. The molecule has 0 aromatic heterocycles. The summed E-state index contributed by atoms with van der Waals surface area (Å²) in [7, 11) is 0. The molecule has 238 valence electrons. The van der Waals surface area contributed by atoms with Crippen LogP contribution in [0.4, 0.5) is 17.1 Å². The molecule has 0 fully saturated rings. The van der Waals surface area contributed by atoms with Crippen LogP contribution in [0, 0.1) is 0 Å². The Balaban J connectivity index is 1.36. The third kappa shape index (κ3) is 4.20. The molecule has 0 atom stereocenters. The topological polar surface area (TPSA) is 3.24 Å². The Hall–Kier alpha value is -5.92. The number of rotatable bonds is 4. The van der Waals surface area contributed by atoms with Crippen molar-refractivity contribution in [3.05, 3.63) is 181 Å². The summed E-state index contributed by atoms with van der Waals surface area (Å²) in [4.78, 5) is 2.59. The molecule has 0 radical (unpaired) electrons. The fourth-order valence-electron chi connectivity index (χ4n) is 9.01. The molecule has 0 bridgehead atoms. The first kappa shape index (κ1) is 29.0. The van der Waals surface area contributed by atoms with E-state index in [9.17, 15) is 0 Å². The highest BCUT2D eigenvalue weighted by Crippen LogP contribution is 2.56. The van der Waals surface area contributed by atoms with Crippen molar-refractivity contribution >= 4 is 65.7 Å². The van der Waals surface area contributed by atoms with Gasteiger partial charge in [0.1, 0.15) is 0 Å². The van der Waals surface area contributed by atoms with Gasteiger partial charge in [-0.3, -0.25) is 0 Å². The number of para-hydroxylation sites is 1. The van der Waals surface area contributed by atoms with Gasteiger partial charge in [-0.15, -0.1) is 0 Å². The molecule has 1 nitrogen and oxygen atoms in total. The van der Waals surface area contributed by atoms with Gasteiger partial charge >= 0.3 is 0 Å². The Bertz CT molecular complexity index is 2740. The molecular formula is C49H37N. The van der Waals surface area contributed by atoms with E-state index in [1.165, 1.54) is 88.0 Å². The summed E-state index contributed by atoms with van der Waals surface area (Å²) in [5.74, 6) is 0. The predicted molar refractivity (Wildman–Crippen MR) is 215 cm³/mol. The zero-order valence-corrected chi connectivity index (χ0v) is 28.4. The minimum atomic E-state index is -0.0338. The number of hydrogen-bond acceptors (Lipinski definition) is 1. The van der Waals surface area contributed by atoms with Crippen molar-refractivity contribution in [3.8, 4) is 11.1 Å². The Kier molecular flexibility index (Phi) is 6.42. The maximum absolute atomic E-state index is 2.59. The van der Waals surface area contributed by atoms with Gasteiger partial charge in [0.05, 0.1) is 17.1 Å². The van der Waals surface area contributed by atoms with Crippen LogP contribution in [0.25, 0.3) is 59.8 Å². The van der Waals surface area contributed by atoms with Crippen LogP contribution in [0.15, 0.2) is 169 Å². The molecule has 0 N–H and O–H groups in total. The lowest BCUT2D eigenvalue weighted by Crippen LogP contribution is -2.18. The highest BCUT2D eigenvalue weighted by Gasteiger charge is 2.40. The van der Waals surface area contributed by atoms with Gasteiger partial charge in [0, 0.05) is 21.9 Å². The first-order chi connectivity index (χ1) is 24.6. The molecule has 2 aliphatic rings. The fraction of sp³-hybridized carbons (Fsp3) is 0.102. The molecule has 1 heteroatoms. The number of nitrogens with zero attached hydrogens (tertiary/aromatic N) is 1. The van der Waals surface area contributed by atoms with Crippen molar-refractivity contribution in [1.82, 2.24) is 0 Å². The molecule has 8 aromatic rings. The van der Waals surface area contributed by atoms with Crippen molar-refractivity contribution in [2.24, 2.45) is 0 Å². The standard InChI is InChI=1S/C49H37N/c1-49(2)43-25-11-9-23-41(43)48-44(49)26-14-28-46(48)50(45-27-12-10-21-39(45)36-24-13-17-32-15-3-5-18-34(32)36)47-31-42-35-19-6-4-16-33(35)29-30-38(42)37-20-7-8-22-40(37)47/h3-10,12-24,26-31H,11,25H2,1-2H3. The van der Waals surface area contributed by atoms with Crippen molar-refractivity contribution in [3.63, 3.8) is 0 Å². The van der Waals surface area contributed by atoms with Crippen molar-refractivity contribution in [1.29, 1.82) is 0 Å². The van der Waals surface area contributed by atoms with Crippen LogP contribution in [0.1, 0.15) is 37.8 Å². The Labute approximate surface area is 293 Å². The van der Waals surface area contributed by atoms with Crippen molar-refractivity contribution in [2.75, 3.05) is 4.90 Å². The first-order valence-electron chi connectivity index (χ1n) is 17.8. The number of allylic oxidation sites excluding steroid dienone is 4. The summed E-state index contributed by atoms with van der Waals surface area (Å²) < 4.78 is 0. The van der Waals surface area contributed by atoms with E-state index in [0.717, 1.165) is 12.8 Å². The average molecular weight is 640 g/mol. The summed E-state index contributed by atoms with van der Waals surface area (Å²) in [5.41, 5.74) is 11.7. The molecule has 0 amide bonds. The Morgan fingerprint density at radius 1 is 0.480 bits per heavy atom. The predicted octanol–water partition coefficient (Wildman–Crippen LogP) is 13.8. The van der Waals surface area contributed by atoms with Gasteiger partial charge in [-0.2, -0.15) is 0 Å². The maximum Gasteiger partial charge on any atom is 0.0547 e. The number of fused-ring (bicyclic) bond motifs is 8. The molecule has 50 heavy (non-hydrogen) atoms. The minimum Gasteiger partial charge on any atom is -0.309 e. The van der Waals surface area contributed by atoms with Gasteiger partial charge in [0.25, 0.3) is 0 Å². The lowest BCUT2D eigenvalue weighted by atomic mass is 9.78.